The van der Waals surface area contributed by atoms with Crippen molar-refractivity contribution in [2.75, 3.05) is 13.2 Å². The lowest BCUT2D eigenvalue weighted by Gasteiger charge is -2.28. The number of aliphatic hydroxyl groups excluding tert-OH is 1. The number of aliphatic hydroxyl groups is 1. The van der Waals surface area contributed by atoms with Crippen molar-refractivity contribution in [1.82, 2.24) is 5.32 Å². The van der Waals surface area contributed by atoms with E-state index in [2.05, 4.69) is 5.32 Å². The Morgan fingerprint density at radius 3 is 3.07 bits per heavy atom. The van der Waals surface area contributed by atoms with Crippen LogP contribution >= 0.6 is 0 Å². The van der Waals surface area contributed by atoms with Gasteiger partial charge in [-0.3, -0.25) is 4.79 Å². The smallest absolute Gasteiger partial charge is 0.224 e. The molecule has 0 bridgehead atoms. The maximum Gasteiger partial charge on any atom is 0.224 e. The summed E-state index contributed by atoms with van der Waals surface area (Å²) in [6.45, 7) is 2.94. The summed E-state index contributed by atoms with van der Waals surface area (Å²) in [5.74, 6) is -0.0364. The monoisotopic (exact) mass is 213 g/mol. The van der Waals surface area contributed by atoms with Gasteiger partial charge in [-0.1, -0.05) is 19.1 Å². The Morgan fingerprint density at radius 2 is 2.40 bits per heavy atom. The summed E-state index contributed by atoms with van der Waals surface area (Å²) in [5, 5.41) is 12.3. The van der Waals surface area contributed by atoms with Gasteiger partial charge in [-0.25, -0.2) is 0 Å². The maximum atomic E-state index is 11.4. The molecule has 1 saturated heterocycles. The Balaban J connectivity index is 2.26. The van der Waals surface area contributed by atoms with E-state index in [1.54, 1.807) is 0 Å². The fourth-order valence-electron chi connectivity index (χ4n) is 1.51. The Kier molecular flexibility index (Phi) is 5.36. The van der Waals surface area contributed by atoms with Crippen LogP contribution in [0.3, 0.4) is 0 Å². The molecular weight excluding hydrogens is 194 g/mol. The van der Waals surface area contributed by atoms with Crippen LogP contribution in [-0.2, 0) is 9.53 Å². The first-order valence-corrected chi connectivity index (χ1v) is 5.44. The Hall–Kier alpha value is -0.870. The summed E-state index contributed by atoms with van der Waals surface area (Å²) >= 11 is 0. The first-order chi connectivity index (χ1) is 7.24. The molecule has 4 heteroatoms. The Labute approximate surface area is 90.3 Å². The summed E-state index contributed by atoms with van der Waals surface area (Å²) in [6, 6.07) is -0.152. The molecule has 0 aliphatic carbocycles. The van der Waals surface area contributed by atoms with E-state index >= 15 is 0 Å². The van der Waals surface area contributed by atoms with Gasteiger partial charge in [-0.15, -0.1) is 0 Å². The van der Waals surface area contributed by atoms with Crippen LogP contribution in [0.25, 0.3) is 0 Å². The predicted molar refractivity (Wildman–Crippen MR) is 57.4 cm³/mol. The van der Waals surface area contributed by atoms with Crippen LogP contribution in [-0.4, -0.2) is 36.4 Å². The van der Waals surface area contributed by atoms with Crippen molar-refractivity contribution in [2.45, 2.75) is 38.3 Å². The van der Waals surface area contributed by atoms with E-state index in [0.717, 1.165) is 6.42 Å². The van der Waals surface area contributed by atoms with Crippen LogP contribution in [0.15, 0.2) is 12.2 Å². The molecular formula is C11H19NO3. The molecule has 86 valence electrons. The second-order valence-corrected chi connectivity index (χ2v) is 3.69. The van der Waals surface area contributed by atoms with Crippen molar-refractivity contribution in [3.05, 3.63) is 12.2 Å². The number of ether oxygens (including phenoxy) is 1. The van der Waals surface area contributed by atoms with Crippen molar-refractivity contribution in [1.29, 1.82) is 0 Å². The van der Waals surface area contributed by atoms with Crippen LogP contribution < -0.4 is 5.32 Å². The van der Waals surface area contributed by atoms with Crippen molar-refractivity contribution >= 4 is 5.91 Å². The second-order valence-electron chi connectivity index (χ2n) is 3.69. The van der Waals surface area contributed by atoms with Crippen LogP contribution in [0.5, 0.6) is 0 Å². The summed E-state index contributed by atoms with van der Waals surface area (Å²) < 4.78 is 5.08. The largest absolute Gasteiger partial charge is 0.389 e. The van der Waals surface area contributed by atoms with Gasteiger partial charge in [0.15, 0.2) is 0 Å². The highest BCUT2D eigenvalue weighted by atomic mass is 16.5. The highest BCUT2D eigenvalue weighted by Crippen LogP contribution is 2.07. The number of hydrogen-bond acceptors (Lipinski definition) is 3. The minimum Gasteiger partial charge on any atom is -0.389 e. The van der Waals surface area contributed by atoms with E-state index in [9.17, 15) is 9.90 Å². The average Bonchev–Trinajstić information content (AvgIpc) is 2.22. The van der Waals surface area contributed by atoms with Crippen molar-refractivity contribution in [2.24, 2.45) is 0 Å². The van der Waals surface area contributed by atoms with Crippen LogP contribution in [0.2, 0.25) is 0 Å². The van der Waals surface area contributed by atoms with Crippen molar-refractivity contribution in [3.63, 3.8) is 0 Å². The highest BCUT2D eigenvalue weighted by molar-refractivity contribution is 5.77. The molecule has 0 unspecified atom stereocenters. The number of allylic oxidation sites excluding steroid dienone is 1. The van der Waals surface area contributed by atoms with Gasteiger partial charge in [-0.2, -0.15) is 0 Å². The van der Waals surface area contributed by atoms with Gasteiger partial charge in [0, 0.05) is 13.0 Å². The molecule has 0 radical (unpaired) electrons. The first-order valence-electron chi connectivity index (χ1n) is 5.44. The molecule has 15 heavy (non-hydrogen) atoms. The SMILES string of the molecule is CCC=CCC(=O)N[C@@H]1CCOC[C@H]1O. The van der Waals surface area contributed by atoms with Gasteiger partial charge in [0.1, 0.15) is 0 Å². The highest BCUT2D eigenvalue weighted by Gasteiger charge is 2.24. The number of amides is 1. The number of nitrogens with one attached hydrogen (secondary N) is 1. The molecule has 1 aliphatic heterocycles. The molecule has 1 fully saturated rings. The van der Waals surface area contributed by atoms with E-state index in [1.165, 1.54) is 0 Å². The molecule has 0 aromatic carbocycles. The summed E-state index contributed by atoms with van der Waals surface area (Å²) in [7, 11) is 0. The Bertz CT molecular complexity index is 228. The molecule has 1 heterocycles. The molecule has 2 atom stereocenters. The lowest BCUT2D eigenvalue weighted by atomic mass is 10.1. The molecule has 4 nitrogen and oxygen atoms in total. The van der Waals surface area contributed by atoms with Crippen LogP contribution in [0.4, 0.5) is 0 Å². The fraction of sp³-hybridized carbons (Fsp3) is 0.727. The lowest BCUT2D eigenvalue weighted by molar-refractivity contribution is -0.123. The van der Waals surface area contributed by atoms with E-state index in [1.807, 2.05) is 19.1 Å². The van der Waals surface area contributed by atoms with E-state index in [4.69, 9.17) is 4.74 Å². The molecule has 1 rings (SSSR count). The lowest BCUT2D eigenvalue weighted by Crippen LogP contribution is -2.48. The Morgan fingerprint density at radius 1 is 1.60 bits per heavy atom. The van der Waals surface area contributed by atoms with Gasteiger partial charge in [-0.05, 0) is 12.8 Å². The zero-order valence-corrected chi connectivity index (χ0v) is 9.11. The number of carbonyl (C=O) groups excluding carboxylic acids is 1. The molecule has 2 N–H and O–H groups in total. The molecule has 0 saturated carbocycles. The maximum absolute atomic E-state index is 11.4. The summed E-state index contributed by atoms with van der Waals surface area (Å²) in [6.07, 6.45) is 5.24. The topological polar surface area (TPSA) is 58.6 Å². The number of rotatable bonds is 4. The number of hydrogen-bond donors (Lipinski definition) is 2. The zero-order chi connectivity index (χ0) is 11.1. The number of carbonyl (C=O) groups is 1. The van der Waals surface area contributed by atoms with Crippen LogP contribution in [0.1, 0.15) is 26.2 Å². The zero-order valence-electron chi connectivity index (χ0n) is 9.11. The standard InChI is InChI=1S/C11H19NO3/c1-2-3-4-5-11(14)12-9-6-7-15-8-10(9)13/h3-4,9-10,13H,2,5-8H2,1H3,(H,12,14)/t9-,10-/m1/s1. The first kappa shape index (κ1) is 12.2. The van der Waals surface area contributed by atoms with Gasteiger partial charge in [0.2, 0.25) is 5.91 Å². The third-order valence-corrected chi connectivity index (χ3v) is 2.38. The second kappa shape index (κ2) is 6.58. The third-order valence-electron chi connectivity index (χ3n) is 2.38. The van der Waals surface area contributed by atoms with Crippen LogP contribution in [0, 0.1) is 0 Å². The normalized spacial score (nSPS) is 26.8. The molecule has 1 aliphatic rings. The van der Waals surface area contributed by atoms with E-state index < -0.39 is 6.10 Å². The van der Waals surface area contributed by atoms with E-state index in [0.29, 0.717) is 26.1 Å². The van der Waals surface area contributed by atoms with Gasteiger partial charge < -0.3 is 15.2 Å². The predicted octanol–water partition coefficient (Wildman–Crippen LogP) is 0.609. The molecule has 0 spiro atoms. The average molecular weight is 213 g/mol. The molecule has 0 aromatic heterocycles. The summed E-state index contributed by atoms with van der Waals surface area (Å²) in [4.78, 5) is 11.4. The fourth-order valence-corrected chi connectivity index (χ4v) is 1.51. The minimum absolute atomic E-state index is 0.0364. The quantitative estimate of drug-likeness (QED) is 0.673. The van der Waals surface area contributed by atoms with Gasteiger partial charge in [0.05, 0.1) is 18.8 Å². The van der Waals surface area contributed by atoms with Crippen molar-refractivity contribution in [3.8, 4) is 0 Å². The molecule has 0 aromatic rings. The van der Waals surface area contributed by atoms with Crippen molar-refractivity contribution < 1.29 is 14.6 Å². The van der Waals surface area contributed by atoms with Gasteiger partial charge in [0.25, 0.3) is 0 Å². The van der Waals surface area contributed by atoms with E-state index in [-0.39, 0.29) is 11.9 Å². The minimum atomic E-state index is -0.571. The van der Waals surface area contributed by atoms with Gasteiger partial charge >= 0.3 is 0 Å². The summed E-state index contributed by atoms with van der Waals surface area (Å²) in [5.41, 5.74) is 0. The third kappa shape index (κ3) is 4.44. The molecule has 1 amide bonds.